The Morgan fingerprint density at radius 1 is 1.17 bits per heavy atom. The number of nitrogens with one attached hydrogen (secondary N) is 1. The van der Waals surface area contributed by atoms with Crippen LogP contribution in [0.1, 0.15) is 12.5 Å². The van der Waals surface area contributed by atoms with E-state index >= 15 is 0 Å². The molecule has 0 bridgehead atoms. The average Bonchev–Trinajstić information content (AvgIpc) is 2.58. The number of ether oxygens (including phenoxy) is 1. The Kier molecular flexibility index (Phi) is 6.37. The van der Waals surface area contributed by atoms with E-state index < -0.39 is 0 Å². The molecule has 0 heterocycles. The van der Waals surface area contributed by atoms with Gasteiger partial charge in [0.05, 0.1) is 7.11 Å². The molecule has 0 saturated carbocycles. The summed E-state index contributed by atoms with van der Waals surface area (Å²) >= 11 is 3.37. The number of carbonyl (C=O) groups excluding carboxylic acids is 2. The van der Waals surface area contributed by atoms with E-state index in [0.29, 0.717) is 12.2 Å². The summed E-state index contributed by atoms with van der Waals surface area (Å²) < 4.78 is 5.95. The number of amides is 2. The highest BCUT2D eigenvalue weighted by Gasteiger charge is 2.15. The molecule has 2 rings (SSSR count). The second-order valence-electron chi connectivity index (χ2n) is 5.21. The van der Waals surface area contributed by atoms with Crippen molar-refractivity contribution in [2.24, 2.45) is 0 Å². The van der Waals surface area contributed by atoms with Gasteiger partial charge in [-0.15, -0.1) is 0 Å². The van der Waals surface area contributed by atoms with Gasteiger partial charge in [-0.05, 0) is 35.9 Å². The number of hydrogen-bond acceptors (Lipinski definition) is 3. The van der Waals surface area contributed by atoms with Crippen LogP contribution in [0.4, 0.5) is 5.69 Å². The monoisotopic (exact) mass is 390 g/mol. The molecule has 0 fully saturated rings. The molecule has 1 N–H and O–H groups in total. The van der Waals surface area contributed by atoms with Gasteiger partial charge in [0.15, 0.2) is 0 Å². The van der Waals surface area contributed by atoms with Crippen LogP contribution in [0.5, 0.6) is 5.75 Å². The number of hydrogen-bond donors (Lipinski definition) is 1. The maximum atomic E-state index is 12.2. The van der Waals surface area contributed by atoms with Crippen molar-refractivity contribution in [1.29, 1.82) is 0 Å². The summed E-state index contributed by atoms with van der Waals surface area (Å²) in [5.74, 6) is 0.358. The molecule has 0 saturated heterocycles. The van der Waals surface area contributed by atoms with Crippen LogP contribution in [0.25, 0.3) is 0 Å². The second kappa shape index (κ2) is 8.49. The molecule has 0 aromatic heterocycles. The summed E-state index contributed by atoms with van der Waals surface area (Å²) in [5.41, 5.74) is 1.64. The Labute approximate surface area is 149 Å². The SMILES string of the molecule is COc1ccc(CNC(=O)CN(C(C)=O)c2cccc(Br)c2)cc1. The third-order valence-electron chi connectivity index (χ3n) is 3.45. The highest BCUT2D eigenvalue weighted by atomic mass is 79.9. The molecule has 24 heavy (non-hydrogen) atoms. The van der Waals surface area contributed by atoms with Crippen molar-refractivity contribution >= 4 is 33.4 Å². The minimum atomic E-state index is -0.221. The molecule has 0 aliphatic carbocycles. The normalized spacial score (nSPS) is 10.1. The first-order valence-corrected chi connectivity index (χ1v) is 8.22. The number of halogens is 1. The molecule has 5 nitrogen and oxygen atoms in total. The largest absolute Gasteiger partial charge is 0.497 e. The van der Waals surface area contributed by atoms with Gasteiger partial charge >= 0.3 is 0 Å². The predicted octanol–water partition coefficient (Wildman–Crippen LogP) is 3.13. The first-order valence-electron chi connectivity index (χ1n) is 7.43. The molecule has 2 aromatic rings. The summed E-state index contributed by atoms with van der Waals surface area (Å²) in [4.78, 5) is 25.5. The lowest BCUT2D eigenvalue weighted by Crippen LogP contribution is -2.39. The average molecular weight is 391 g/mol. The van der Waals surface area contributed by atoms with E-state index in [9.17, 15) is 9.59 Å². The topological polar surface area (TPSA) is 58.6 Å². The summed E-state index contributed by atoms with van der Waals surface area (Å²) in [7, 11) is 1.61. The number of benzene rings is 2. The summed E-state index contributed by atoms with van der Waals surface area (Å²) in [6.45, 7) is 1.81. The second-order valence-corrected chi connectivity index (χ2v) is 6.13. The Morgan fingerprint density at radius 3 is 2.46 bits per heavy atom. The van der Waals surface area contributed by atoms with Gasteiger partial charge in [0.2, 0.25) is 11.8 Å². The molecule has 0 unspecified atom stereocenters. The quantitative estimate of drug-likeness (QED) is 0.823. The lowest BCUT2D eigenvalue weighted by molar-refractivity contribution is -0.123. The third kappa shape index (κ3) is 5.09. The fourth-order valence-electron chi connectivity index (χ4n) is 2.17. The maximum Gasteiger partial charge on any atom is 0.240 e. The van der Waals surface area contributed by atoms with Crippen molar-refractivity contribution in [3.63, 3.8) is 0 Å². The molecule has 0 aliphatic heterocycles. The van der Waals surface area contributed by atoms with Crippen LogP contribution in [-0.4, -0.2) is 25.5 Å². The number of anilines is 1. The van der Waals surface area contributed by atoms with E-state index in [1.165, 1.54) is 11.8 Å². The van der Waals surface area contributed by atoms with E-state index in [2.05, 4.69) is 21.2 Å². The molecular weight excluding hydrogens is 372 g/mol. The molecule has 0 spiro atoms. The highest BCUT2D eigenvalue weighted by molar-refractivity contribution is 9.10. The fraction of sp³-hybridized carbons (Fsp3) is 0.222. The molecule has 6 heteroatoms. The Hall–Kier alpha value is -2.34. The van der Waals surface area contributed by atoms with Crippen molar-refractivity contribution in [3.8, 4) is 5.75 Å². The smallest absolute Gasteiger partial charge is 0.240 e. The summed E-state index contributed by atoms with van der Waals surface area (Å²) in [6, 6.07) is 14.7. The van der Waals surface area contributed by atoms with Gasteiger partial charge in [-0.25, -0.2) is 0 Å². The summed E-state index contributed by atoms with van der Waals surface area (Å²) in [5, 5.41) is 2.82. The molecule has 0 atom stereocenters. The van der Waals surface area contributed by atoms with Gasteiger partial charge in [-0.1, -0.05) is 34.1 Å². The molecular formula is C18H19BrN2O3. The van der Waals surface area contributed by atoms with E-state index in [-0.39, 0.29) is 18.4 Å². The third-order valence-corrected chi connectivity index (χ3v) is 3.94. The minimum Gasteiger partial charge on any atom is -0.497 e. The lowest BCUT2D eigenvalue weighted by Gasteiger charge is -2.21. The maximum absolute atomic E-state index is 12.2. The molecule has 126 valence electrons. The molecule has 0 radical (unpaired) electrons. The number of rotatable bonds is 6. The Morgan fingerprint density at radius 2 is 1.88 bits per heavy atom. The van der Waals surface area contributed by atoms with Crippen LogP contribution >= 0.6 is 15.9 Å². The first kappa shape index (κ1) is 18.0. The van der Waals surface area contributed by atoms with Crippen LogP contribution in [0.15, 0.2) is 53.0 Å². The molecule has 2 amide bonds. The zero-order chi connectivity index (χ0) is 17.5. The number of methoxy groups -OCH3 is 1. The van der Waals surface area contributed by atoms with Crippen molar-refractivity contribution < 1.29 is 14.3 Å². The van der Waals surface area contributed by atoms with Gasteiger partial charge in [0.25, 0.3) is 0 Å². The van der Waals surface area contributed by atoms with Gasteiger partial charge in [0.1, 0.15) is 12.3 Å². The van der Waals surface area contributed by atoms with Crippen molar-refractivity contribution in [3.05, 3.63) is 58.6 Å². The predicted molar refractivity (Wildman–Crippen MR) is 97.0 cm³/mol. The van der Waals surface area contributed by atoms with Crippen LogP contribution in [0.2, 0.25) is 0 Å². The fourth-order valence-corrected chi connectivity index (χ4v) is 2.56. The van der Waals surface area contributed by atoms with E-state index in [4.69, 9.17) is 4.74 Å². The van der Waals surface area contributed by atoms with Gasteiger partial charge in [0, 0.05) is 23.6 Å². The van der Waals surface area contributed by atoms with Crippen LogP contribution in [0.3, 0.4) is 0 Å². The number of carbonyl (C=O) groups is 2. The van der Waals surface area contributed by atoms with Gasteiger partial charge < -0.3 is 15.0 Å². The van der Waals surface area contributed by atoms with Crippen LogP contribution in [0, 0.1) is 0 Å². The van der Waals surface area contributed by atoms with E-state index in [1.807, 2.05) is 36.4 Å². The molecule has 2 aromatic carbocycles. The van der Waals surface area contributed by atoms with Crippen molar-refractivity contribution in [2.45, 2.75) is 13.5 Å². The van der Waals surface area contributed by atoms with Gasteiger partial charge in [-0.2, -0.15) is 0 Å². The first-order chi connectivity index (χ1) is 11.5. The Bertz CT molecular complexity index is 716. The van der Waals surface area contributed by atoms with Crippen molar-refractivity contribution in [1.82, 2.24) is 5.32 Å². The van der Waals surface area contributed by atoms with Crippen molar-refractivity contribution in [2.75, 3.05) is 18.6 Å². The lowest BCUT2D eigenvalue weighted by atomic mass is 10.2. The molecule has 0 aliphatic rings. The minimum absolute atomic E-state index is 0.0259. The zero-order valence-corrected chi connectivity index (χ0v) is 15.2. The summed E-state index contributed by atoms with van der Waals surface area (Å²) in [6.07, 6.45) is 0. The standard InChI is InChI=1S/C18H19BrN2O3/c1-13(22)21(16-5-3-4-15(19)10-16)12-18(23)20-11-14-6-8-17(24-2)9-7-14/h3-10H,11-12H2,1-2H3,(H,20,23). The van der Waals surface area contributed by atoms with E-state index in [1.54, 1.807) is 19.2 Å². The zero-order valence-electron chi connectivity index (χ0n) is 13.6. The Balaban J connectivity index is 1.96. The van der Waals surface area contributed by atoms with Gasteiger partial charge in [-0.3, -0.25) is 9.59 Å². The van der Waals surface area contributed by atoms with Crippen LogP contribution in [-0.2, 0) is 16.1 Å². The van der Waals surface area contributed by atoms with E-state index in [0.717, 1.165) is 15.8 Å². The number of nitrogens with zero attached hydrogens (tertiary/aromatic N) is 1. The highest BCUT2D eigenvalue weighted by Crippen LogP contribution is 2.20. The van der Waals surface area contributed by atoms with Crippen LogP contribution < -0.4 is 15.0 Å².